The van der Waals surface area contributed by atoms with Gasteiger partial charge in [0.15, 0.2) is 0 Å². The molecule has 1 amide bonds. The number of nitrogens with one attached hydrogen (secondary N) is 2. The molecule has 2 aromatic heterocycles. The van der Waals surface area contributed by atoms with Crippen molar-refractivity contribution in [2.45, 2.75) is 24.4 Å². The third kappa shape index (κ3) is 4.21. The molecule has 3 aromatic rings. The molecular formula is C17H17ClN4O3S. The van der Waals surface area contributed by atoms with Gasteiger partial charge in [0, 0.05) is 17.4 Å². The number of amides is 1. The highest BCUT2D eigenvalue weighted by Gasteiger charge is 2.22. The molecule has 9 heteroatoms. The Labute approximate surface area is 156 Å². The van der Waals surface area contributed by atoms with Crippen LogP contribution in [-0.2, 0) is 21.4 Å². The van der Waals surface area contributed by atoms with Crippen LogP contribution in [-0.4, -0.2) is 29.8 Å². The van der Waals surface area contributed by atoms with Gasteiger partial charge >= 0.3 is 0 Å². The Hall–Kier alpha value is -2.42. The zero-order valence-electron chi connectivity index (χ0n) is 13.9. The van der Waals surface area contributed by atoms with E-state index in [-0.39, 0.29) is 11.4 Å². The van der Waals surface area contributed by atoms with Crippen LogP contribution in [0.1, 0.15) is 12.6 Å². The molecule has 7 nitrogen and oxygen atoms in total. The van der Waals surface area contributed by atoms with E-state index in [0.29, 0.717) is 10.7 Å². The number of hydrogen-bond donors (Lipinski definition) is 2. The molecule has 1 aromatic carbocycles. The first-order valence-electron chi connectivity index (χ1n) is 7.83. The molecule has 2 N–H and O–H groups in total. The zero-order valence-corrected chi connectivity index (χ0v) is 15.5. The van der Waals surface area contributed by atoms with Gasteiger partial charge in [-0.2, -0.15) is 4.72 Å². The Morgan fingerprint density at radius 2 is 2.08 bits per heavy atom. The smallest absolute Gasteiger partial charge is 0.241 e. The van der Waals surface area contributed by atoms with E-state index >= 15 is 0 Å². The lowest BCUT2D eigenvalue weighted by molar-refractivity contribution is -0.122. The quantitative estimate of drug-likeness (QED) is 0.670. The molecule has 0 saturated carbocycles. The summed E-state index contributed by atoms with van der Waals surface area (Å²) in [6.07, 6.45) is 3.66. The number of fused-ring (bicyclic) bond motifs is 1. The maximum Gasteiger partial charge on any atom is 0.241 e. The number of rotatable bonds is 6. The lowest BCUT2D eigenvalue weighted by atomic mass is 10.3. The SMILES string of the molecule is C[C@H](NS(=O)(=O)c1cccc(Cl)c1)C(=O)NCc1cn2ccccc2n1. The highest BCUT2D eigenvalue weighted by atomic mass is 35.5. The fourth-order valence-corrected chi connectivity index (χ4v) is 3.89. The summed E-state index contributed by atoms with van der Waals surface area (Å²) in [7, 11) is -3.85. The first-order chi connectivity index (χ1) is 12.3. The van der Waals surface area contributed by atoms with Crippen molar-refractivity contribution in [1.29, 1.82) is 0 Å². The van der Waals surface area contributed by atoms with E-state index in [1.165, 1.54) is 25.1 Å². The monoisotopic (exact) mass is 392 g/mol. The minimum Gasteiger partial charge on any atom is -0.349 e. The highest BCUT2D eigenvalue weighted by molar-refractivity contribution is 7.89. The van der Waals surface area contributed by atoms with Crippen LogP contribution >= 0.6 is 11.6 Å². The minimum atomic E-state index is -3.85. The molecule has 0 spiro atoms. The summed E-state index contributed by atoms with van der Waals surface area (Å²) in [6.45, 7) is 1.67. The van der Waals surface area contributed by atoms with Crippen molar-refractivity contribution in [2.24, 2.45) is 0 Å². The summed E-state index contributed by atoms with van der Waals surface area (Å²) in [5.74, 6) is -0.451. The number of carbonyl (C=O) groups is 1. The number of pyridine rings is 1. The predicted molar refractivity (Wildman–Crippen MR) is 98.3 cm³/mol. The van der Waals surface area contributed by atoms with Crippen molar-refractivity contribution in [3.05, 3.63) is 65.6 Å². The summed E-state index contributed by atoms with van der Waals surface area (Å²) in [6, 6.07) is 10.5. The van der Waals surface area contributed by atoms with Gasteiger partial charge in [-0.15, -0.1) is 0 Å². The Balaban J connectivity index is 1.62. The maximum absolute atomic E-state index is 12.3. The van der Waals surface area contributed by atoms with Crippen molar-refractivity contribution in [1.82, 2.24) is 19.4 Å². The van der Waals surface area contributed by atoms with Crippen LogP contribution in [0.2, 0.25) is 5.02 Å². The van der Waals surface area contributed by atoms with Crippen LogP contribution in [0.3, 0.4) is 0 Å². The van der Waals surface area contributed by atoms with Gasteiger partial charge in [-0.25, -0.2) is 13.4 Å². The van der Waals surface area contributed by atoms with Gasteiger partial charge in [-0.3, -0.25) is 4.79 Å². The molecule has 0 saturated heterocycles. The topological polar surface area (TPSA) is 92.6 Å². The number of hydrogen-bond acceptors (Lipinski definition) is 4. The first-order valence-corrected chi connectivity index (χ1v) is 9.69. The molecule has 0 aliphatic heterocycles. The Bertz CT molecular complexity index is 1020. The first kappa shape index (κ1) is 18.4. The standard InChI is InChI=1S/C17H17ClN4O3S/c1-12(21-26(24,25)15-6-4-5-13(18)9-15)17(23)19-10-14-11-22-8-3-2-7-16(22)20-14/h2-9,11-12,21H,10H2,1H3,(H,19,23)/t12-/m0/s1. The molecule has 0 bridgehead atoms. The molecule has 2 heterocycles. The molecular weight excluding hydrogens is 376 g/mol. The normalized spacial score (nSPS) is 12.8. The molecule has 3 rings (SSSR count). The molecule has 136 valence electrons. The third-order valence-electron chi connectivity index (χ3n) is 3.69. The second-order valence-electron chi connectivity index (χ2n) is 5.72. The van der Waals surface area contributed by atoms with E-state index in [9.17, 15) is 13.2 Å². The number of halogens is 1. The number of benzene rings is 1. The number of carbonyl (C=O) groups excluding carboxylic acids is 1. The number of aromatic nitrogens is 2. The number of imidazole rings is 1. The van der Waals surface area contributed by atoms with Gasteiger partial charge in [0.05, 0.1) is 23.2 Å². The van der Waals surface area contributed by atoms with Gasteiger partial charge in [0.1, 0.15) is 5.65 Å². The van der Waals surface area contributed by atoms with E-state index in [0.717, 1.165) is 5.65 Å². The van der Waals surface area contributed by atoms with E-state index in [4.69, 9.17) is 11.6 Å². The summed E-state index contributed by atoms with van der Waals surface area (Å²) >= 11 is 5.82. The van der Waals surface area contributed by atoms with Crippen molar-refractivity contribution in [3.8, 4) is 0 Å². The van der Waals surface area contributed by atoms with Crippen LogP contribution in [0.4, 0.5) is 0 Å². The maximum atomic E-state index is 12.3. The van der Waals surface area contributed by atoms with Gasteiger partial charge in [-0.1, -0.05) is 23.7 Å². The van der Waals surface area contributed by atoms with Crippen molar-refractivity contribution < 1.29 is 13.2 Å². The molecule has 0 aliphatic rings. The molecule has 0 unspecified atom stereocenters. The lowest BCUT2D eigenvalue weighted by Crippen LogP contribution is -2.44. The van der Waals surface area contributed by atoms with Gasteiger partial charge < -0.3 is 9.72 Å². The lowest BCUT2D eigenvalue weighted by Gasteiger charge is -2.14. The highest BCUT2D eigenvalue weighted by Crippen LogP contribution is 2.15. The van der Waals surface area contributed by atoms with E-state index in [2.05, 4.69) is 15.0 Å². The van der Waals surface area contributed by atoms with Gasteiger partial charge in [0.25, 0.3) is 0 Å². The minimum absolute atomic E-state index is 0.00463. The van der Waals surface area contributed by atoms with Crippen LogP contribution in [0.5, 0.6) is 0 Å². The van der Waals surface area contributed by atoms with Crippen molar-refractivity contribution >= 4 is 33.2 Å². The fraction of sp³-hybridized carbons (Fsp3) is 0.176. The summed E-state index contributed by atoms with van der Waals surface area (Å²) < 4.78 is 28.8. The van der Waals surface area contributed by atoms with Gasteiger partial charge in [-0.05, 0) is 37.3 Å². The zero-order chi connectivity index (χ0) is 18.7. The van der Waals surface area contributed by atoms with E-state index < -0.39 is 22.0 Å². The second kappa shape index (κ2) is 7.45. The van der Waals surface area contributed by atoms with E-state index in [1.54, 1.807) is 12.3 Å². The fourth-order valence-electron chi connectivity index (χ4n) is 2.39. The number of nitrogens with zero attached hydrogens (tertiary/aromatic N) is 2. The van der Waals surface area contributed by atoms with Crippen LogP contribution < -0.4 is 10.0 Å². The Morgan fingerprint density at radius 1 is 1.27 bits per heavy atom. The van der Waals surface area contributed by atoms with Crippen molar-refractivity contribution in [3.63, 3.8) is 0 Å². The van der Waals surface area contributed by atoms with Crippen LogP contribution in [0, 0.1) is 0 Å². The Kier molecular flexibility index (Phi) is 5.26. The van der Waals surface area contributed by atoms with Gasteiger partial charge in [0.2, 0.25) is 15.9 Å². The summed E-state index contributed by atoms with van der Waals surface area (Å²) in [5, 5.41) is 2.98. The van der Waals surface area contributed by atoms with Crippen LogP contribution in [0.25, 0.3) is 5.65 Å². The molecule has 0 aliphatic carbocycles. The molecule has 26 heavy (non-hydrogen) atoms. The largest absolute Gasteiger partial charge is 0.349 e. The van der Waals surface area contributed by atoms with E-state index in [1.807, 2.05) is 28.8 Å². The second-order valence-corrected chi connectivity index (χ2v) is 7.87. The predicted octanol–water partition coefficient (Wildman–Crippen LogP) is 1.97. The summed E-state index contributed by atoms with van der Waals surface area (Å²) in [5.41, 5.74) is 1.45. The average Bonchev–Trinajstić information content (AvgIpc) is 3.02. The molecule has 0 fully saturated rings. The molecule has 0 radical (unpaired) electrons. The number of sulfonamides is 1. The summed E-state index contributed by atoms with van der Waals surface area (Å²) in [4.78, 5) is 16.6. The van der Waals surface area contributed by atoms with Crippen LogP contribution in [0.15, 0.2) is 59.8 Å². The van der Waals surface area contributed by atoms with Crippen molar-refractivity contribution in [2.75, 3.05) is 0 Å². The molecule has 1 atom stereocenters. The average molecular weight is 393 g/mol. The Morgan fingerprint density at radius 3 is 2.81 bits per heavy atom. The third-order valence-corrected chi connectivity index (χ3v) is 5.46.